The summed E-state index contributed by atoms with van der Waals surface area (Å²) in [6.45, 7) is 4.00. The molecule has 0 atom stereocenters. The minimum Gasteiger partial charge on any atom is -0.255 e. The van der Waals surface area contributed by atoms with Crippen molar-refractivity contribution in [3.05, 3.63) is 35.9 Å². The van der Waals surface area contributed by atoms with E-state index in [4.69, 9.17) is 6.42 Å². The smallest absolute Gasteiger partial charge is 0.0785 e. The molecule has 12 heavy (non-hydrogen) atoms. The van der Waals surface area contributed by atoms with E-state index >= 15 is 0 Å². The Balaban J connectivity index is 0. The van der Waals surface area contributed by atoms with Crippen molar-refractivity contribution in [2.75, 3.05) is 7.18 Å². The van der Waals surface area contributed by atoms with E-state index in [1.807, 2.05) is 44.2 Å². The Morgan fingerprint density at radius 2 is 1.50 bits per heavy atom. The van der Waals surface area contributed by atoms with Crippen LogP contribution in [0.5, 0.6) is 0 Å². The monoisotopic (exact) mass is 166 g/mol. The average molecular weight is 166 g/mol. The van der Waals surface area contributed by atoms with Crippen molar-refractivity contribution < 1.29 is 4.39 Å². The van der Waals surface area contributed by atoms with Crippen LogP contribution in [-0.2, 0) is 0 Å². The molecule has 0 spiro atoms. The quantitative estimate of drug-likeness (QED) is 0.519. The van der Waals surface area contributed by atoms with E-state index in [9.17, 15) is 4.39 Å². The van der Waals surface area contributed by atoms with Crippen LogP contribution in [0.25, 0.3) is 0 Å². The number of alkyl halides is 1. The second-order valence-corrected chi connectivity index (χ2v) is 1.51. The van der Waals surface area contributed by atoms with Crippen molar-refractivity contribution in [1.82, 2.24) is 0 Å². The van der Waals surface area contributed by atoms with Crippen LogP contribution in [0, 0.1) is 12.3 Å². The Bertz CT molecular complexity index is 196. The third kappa shape index (κ3) is 6.82. The molecule has 0 aliphatic heterocycles. The van der Waals surface area contributed by atoms with Crippen molar-refractivity contribution in [3.8, 4) is 12.3 Å². The molecule has 0 saturated carbocycles. The lowest BCUT2D eigenvalue weighted by molar-refractivity contribution is 0.636. The first-order valence-corrected chi connectivity index (χ1v) is 3.83. The molecule has 1 rings (SSSR count). The van der Waals surface area contributed by atoms with Gasteiger partial charge in [-0.1, -0.05) is 38.0 Å². The van der Waals surface area contributed by atoms with Crippen molar-refractivity contribution in [2.24, 2.45) is 0 Å². The first-order valence-electron chi connectivity index (χ1n) is 3.83. The van der Waals surface area contributed by atoms with Gasteiger partial charge in [0.15, 0.2) is 0 Å². The lowest BCUT2D eigenvalue weighted by atomic mass is 10.2. The van der Waals surface area contributed by atoms with Gasteiger partial charge in [0.05, 0.1) is 7.18 Å². The second-order valence-electron chi connectivity index (χ2n) is 1.51. The third-order valence-electron chi connectivity index (χ3n) is 0.940. The number of halogens is 1. The highest BCUT2D eigenvalue weighted by Crippen LogP contribution is 1.92. The molecule has 0 saturated heterocycles. The van der Waals surface area contributed by atoms with Gasteiger partial charge >= 0.3 is 0 Å². The minimum absolute atomic E-state index is 0.500. The summed E-state index contributed by atoms with van der Waals surface area (Å²) in [5.74, 6) is 2.53. The molecule has 0 N–H and O–H groups in total. The number of benzene rings is 1. The van der Waals surface area contributed by atoms with Gasteiger partial charge < -0.3 is 0 Å². The zero-order chi connectivity index (χ0) is 9.82. The van der Waals surface area contributed by atoms with Crippen LogP contribution in [0.15, 0.2) is 30.3 Å². The molecular formula is C11H15F. The zero-order valence-electron chi connectivity index (χ0n) is 7.84. The Morgan fingerprint density at radius 1 is 1.08 bits per heavy atom. The second kappa shape index (κ2) is 12.4. The first kappa shape index (κ1) is 13.3. The van der Waals surface area contributed by atoms with E-state index in [2.05, 4.69) is 5.92 Å². The molecule has 0 aliphatic carbocycles. The highest BCUT2D eigenvalue weighted by molar-refractivity contribution is 5.30. The van der Waals surface area contributed by atoms with Gasteiger partial charge in [-0.3, -0.25) is 4.39 Å². The van der Waals surface area contributed by atoms with Crippen LogP contribution in [0.4, 0.5) is 4.39 Å². The van der Waals surface area contributed by atoms with Gasteiger partial charge in [0.1, 0.15) is 0 Å². The van der Waals surface area contributed by atoms with Crippen LogP contribution >= 0.6 is 0 Å². The summed E-state index contributed by atoms with van der Waals surface area (Å²) in [7, 11) is 0.500. The van der Waals surface area contributed by atoms with E-state index < -0.39 is 0 Å². The van der Waals surface area contributed by atoms with Gasteiger partial charge in [0, 0.05) is 5.56 Å². The maximum atomic E-state index is 9.50. The van der Waals surface area contributed by atoms with Gasteiger partial charge in [-0.25, -0.2) is 0 Å². The number of hydrogen-bond acceptors (Lipinski definition) is 0. The average Bonchev–Trinajstić information content (AvgIpc) is 2.25. The maximum absolute atomic E-state index is 9.50. The lowest BCUT2D eigenvalue weighted by Gasteiger charge is -1.82. The van der Waals surface area contributed by atoms with Gasteiger partial charge in [0.2, 0.25) is 0 Å². The molecule has 1 aromatic carbocycles. The summed E-state index contributed by atoms with van der Waals surface area (Å²) in [5, 5.41) is 0. The molecule has 0 aromatic heterocycles. The van der Waals surface area contributed by atoms with Crippen molar-refractivity contribution in [2.45, 2.75) is 13.8 Å². The molecule has 66 valence electrons. The normalized spacial score (nSPS) is 6.25. The maximum Gasteiger partial charge on any atom is 0.0785 e. The third-order valence-corrected chi connectivity index (χ3v) is 0.940. The van der Waals surface area contributed by atoms with Gasteiger partial charge in [-0.15, -0.1) is 6.42 Å². The SMILES string of the molecule is C#Cc1ccccc1.CC.CF. The summed E-state index contributed by atoms with van der Waals surface area (Å²) < 4.78 is 9.50. The predicted molar refractivity (Wildman–Crippen MR) is 52.8 cm³/mol. The fraction of sp³-hybridized carbons (Fsp3) is 0.273. The Morgan fingerprint density at radius 3 is 1.75 bits per heavy atom. The molecule has 0 aliphatic rings. The fourth-order valence-corrected chi connectivity index (χ4v) is 0.534. The van der Waals surface area contributed by atoms with Crippen molar-refractivity contribution in [3.63, 3.8) is 0 Å². The van der Waals surface area contributed by atoms with Gasteiger partial charge in [-0.05, 0) is 12.1 Å². The Hall–Kier alpha value is -1.29. The molecule has 0 amide bonds. The number of hydrogen-bond donors (Lipinski definition) is 0. The fourth-order valence-electron chi connectivity index (χ4n) is 0.534. The molecule has 0 bridgehead atoms. The van der Waals surface area contributed by atoms with Crippen LogP contribution in [0.3, 0.4) is 0 Å². The summed E-state index contributed by atoms with van der Waals surface area (Å²) in [6.07, 6.45) is 5.10. The molecule has 0 fully saturated rings. The molecular weight excluding hydrogens is 151 g/mol. The highest BCUT2D eigenvalue weighted by atomic mass is 19.1. The summed E-state index contributed by atoms with van der Waals surface area (Å²) >= 11 is 0. The van der Waals surface area contributed by atoms with Crippen LogP contribution in [0.1, 0.15) is 19.4 Å². The molecule has 1 heteroatoms. The molecule has 0 unspecified atom stereocenters. The molecule has 0 heterocycles. The molecule has 0 radical (unpaired) electrons. The summed E-state index contributed by atoms with van der Waals surface area (Å²) in [6, 6.07) is 9.60. The standard InChI is InChI=1S/C8H6.C2H6.CH3F/c1-2-8-6-4-3-5-7-8;2*1-2/h1,3-7H;1-2H3;1H3. The highest BCUT2D eigenvalue weighted by Gasteiger charge is 1.76. The van der Waals surface area contributed by atoms with Crippen molar-refractivity contribution >= 4 is 0 Å². The van der Waals surface area contributed by atoms with Gasteiger partial charge in [0.25, 0.3) is 0 Å². The van der Waals surface area contributed by atoms with E-state index in [0.717, 1.165) is 5.56 Å². The van der Waals surface area contributed by atoms with E-state index in [1.54, 1.807) is 0 Å². The minimum atomic E-state index is 0.500. The summed E-state index contributed by atoms with van der Waals surface area (Å²) in [4.78, 5) is 0. The number of rotatable bonds is 0. The first-order chi connectivity index (χ1) is 5.93. The predicted octanol–water partition coefficient (Wildman–Crippen LogP) is 3.28. The lowest BCUT2D eigenvalue weighted by Crippen LogP contribution is -1.66. The Labute approximate surface area is 74.4 Å². The summed E-state index contributed by atoms with van der Waals surface area (Å²) in [5.41, 5.74) is 0.938. The Kier molecular flexibility index (Phi) is 13.7. The van der Waals surface area contributed by atoms with E-state index in [1.165, 1.54) is 0 Å². The largest absolute Gasteiger partial charge is 0.255 e. The van der Waals surface area contributed by atoms with E-state index in [0.29, 0.717) is 7.18 Å². The van der Waals surface area contributed by atoms with Crippen LogP contribution in [0.2, 0.25) is 0 Å². The molecule has 1 aromatic rings. The zero-order valence-corrected chi connectivity index (χ0v) is 7.84. The van der Waals surface area contributed by atoms with Crippen LogP contribution in [-0.4, -0.2) is 7.18 Å². The number of terminal acetylenes is 1. The van der Waals surface area contributed by atoms with Crippen LogP contribution < -0.4 is 0 Å². The molecule has 0 nitrogen and oxygen atoms in total. The van der Waals surface area contributed by atoms with E-state index in [-0.39, 0.29) is 0 Å². The van der Waals surface area contributed by atoms with Crippen molar-refractivity contribution in [1.29, 1.82) is 0 Å². The topological polar surface area (TPSA) is 0 Å². The van der Waals surface area contributed by atoms with Gasteiger partial charge in [-0.2, -0.15) is 0 Å².